The number of carbonyl (C=O) groups is 3. The van der Waals surface area contributed by atoms with Crippen molar-refractivity contribution >= 4 is 34.4 Å². The Morgan fingerprint density at radius 2 is 1.77 bits per heavy atom. The zero-order chi connectivity index (χ0) is 31.2. The molecule has 2 atom stereocenters. The molecule has 44 heavy (non-hydrogen) atoms. The molecule has 0 spiro atoms. The first-order chi connectivity index (χ1) is 21.2. The van der Waals surface area contributed by atoms with Gasteiger partial charge in [-0.3, -0.25) is 9.59 Å². The van der Waals surface area contributed by atoms with E-state index in [1.54, 1.807) is 21.9 Å². The second kappa shape index (κ2) is 13.7. The van der Waals surface area contributed by atoms with Gasteiger partial charge in [0.2, 0.25) is 5.91 Å². The van der Waals surface area contributed by atoms with Crippen LogP contribution in [0.2, 0.25) is 0 Å². The molecule has 0 radical (unpaired) electrons. The van der Waals surface area contributed by atoms with Gasteiger partial charge < -0.3 is 39.5 Å². The summed E-state index contributed by atoms with van der Waals surface area (Å²) in [5.74, 6) is -0.108. The molecule has 0 unspecified atom stereocenters. The molecule has 2 aromatic carbocycles. The summed E-state index contributed by atoms with van der Waals surface area (Å²) in [4.78, 5) is 49.0. The number of benzene rings is 2. The Balaban J connectivity index is 1.37. The van der Waals surface area contributed by atoms with E-state index < -0.39 is 6.04 Å². The van der Waals surface area contributed by atoms with Crippen molar-refractivity contribution in [3.8, 4) is 5.75 Å². The summed E-state index contributed by atoms with van der Waals surface area (Å²) in [5.41, 5.74) is 3.43. The molecule has 0 aliphatic carbocycles. The number of aromatic amines is 1. The number of hydrogen-bond acceptors (Lipinski definition) is 6. The van der Waals surface area contributed by atoms with E-state index in [1.165, 1.54) is 6.26 Å². The third kappa shape index (κ3) is 6.89. The van der Waals surface area contributed by atoms with Crippen molar-refractivity contribution in [3.63, 3.8) is 0 Å². The molecular formula is C33H40N6O5. The minimum absolute atomic E-state index is 0.207. The summed E-state index contributed by atoms with van der Waals surface area (Å²) >= 11 is 0. The maximum Gasteiger partial charge on any atom is 0.318 e. The van der Waals surface area contributed by atoms with Crippen LogP contribution in [0.5, 0.6) is 5.75 Å². The summed E-state index contributed by atoms with van der Waals surface area (Å²) in [5, 5.41) is 7.06. The number of carbonyl (C=O) groups excluding carboxylic acids is 3. The van der Waals surface area contributed by atoms with Gasteiger partial charge in [0.1, 0.15) is 11.8 Å². The Hall–Kier alpha value is -4.77. The van der Waals surface area contributed by atoms with Crippen molar-refractivity contribution in [3.05, 3.63) is 83.9 Å². The zero-order valence-corrected chi connectivity index (χ0v) is 25.6. The number of nitrogens with zero attached hydrogens (tertiary/aromatic N) is 3. The van der Waals surface area contributed by atoms with Crippen molar-refractivity contribution in [1.29, 1.82) is 0 Å². The fourth-order valence-electron chi connectivity index (χ4n) is 5.59. The van der Waals surface area contributed by atoms with Gasteiger partial charge in [-0.05, 0) is 62.5 Å². The normalized spacial score (nSPS) is 14.8. The topological polar surface area (TPSA) is 123 Å². The summed E-state index contributed by atoms with van der Waals surface area (Å²) in [6.45, 7) is 6.34. The van der Waals surface area contributed by atoms with Crippen LogP contribution in [0.15, 0.2) is 71.5 Å². The molecule has 1 aliphatic heterocycles. The van der Waals surface area contributed by atoms with Crippen LogP contribution in [-0.2, 0) is 11.3 Å². The summed E-state index contributed by atoms with van der Waals surface area (Å²) in [6.07, 6.45) is 3.36. The summed E-state index contributed by atoms with van der Waals surface area (Å²) < 4.78 is 11.1. The van der Waals surface area contributed by atoms with Gasteiger partial charge in [-0.15, -0.1) is 0 Å². The van der Waals surface area contributed by atoms with E-state index in [2.05, 4.69) is 15.6 Å². The standard InChI is InChI=1S/C33H40N6O5/c1-5-43-28-13-12-23(21-37(3)4)19-27(28)35-31(40)30(22(2)25-20-34-26-10-7-6-9-24(25)26)36-33(42)39-16-14-38(15-17-39)32(41)29-11-8-18-44-29/h6-13,18-20,22,30,34H,5,14-17,21H2,1-4H3,(H,35,40)(H,36,42)/t22-,30-/m1/s1. The van der Waals surface area contributed by atoms with Crippen molar-refractivity contribution < 1.29 is 23.5 Å². The van der Waals surface area contributed by atoms with E-state index in [0.717, 1.165) is 22.0 Å². The molecule has 1 saturated heterocycles. The van der Waals surface area contributed by atoms with Crippen LogP contribution in [0.3, 0.4) is 0 Å². The Labute approximate surface area is 257 Å². The highest BCUT2D eigenvalue weighted by Gasteiger charge is 2.33. The minimum Gasteiger partial charge on any atom is -0.492 e. The highest BCUT2D eigenvalue weighted by atomic mass is 16.5. The first kappa shape index (κ1) is 30.7. The number of ether oxygens (including phenoxy) is 1. The first-order valence-corrected chi connectivity index (χ1v) is 14.9. The number of urea groups is 1. The lowest BCUT2D eigenvalue weighted by Gasteiger charge is -2.35. The molecule has 232 valence electrons. The van der Waals surface area contributed by atoms with Crippen molar-refractivity contribution in [2.45, 2.75) is 32.4 Å². The number of piperazine rings is 1. The van der Waals surface area contributed by atoms with Gasteiger partial charge in [-0.25, -0.2) is 4.79 Å². The number of rotatable bonds is 10. The van der Waals surface area contributed by atoms with Crippen molar-refractivity contribution in [1.82, 2.24) is 25.0 Å². The lowest BCUT2D eigenvalue weighted by Crippen LogP contribution is -2.57. The monoisotopic (exact) mass is 600 g/mol. The number of furan rings is 1. The van der Waals surface area contributed by atoms with Crippen LogP contribution in [0.4, 0.5) is 10.5 Å². The molecule has 4 aromatic rings. The number of nitrogens with one attached hydrogen (secondary N) is 3. The van der Waals surface area contributed by atoms with E-state index >= 15 is 0 Å². The average molecular weight is 601 g/mol. The smallest absolute Gasteiger partial charge is 0.318 e. The molecule has 1 aliphatic rings. The number of H-pyrrole nitrogens is 1. The van der Waals surface area contributed by atoms with E-state index in [0.29, 0.717) is 50.8 Å². The molecule has 2 aromatic heterocycles. The van der Waals surface area contributed by atoms with E-state index in [4.69, 9.17) is 9.15 Å². The number of aromatic nitrogens is 1. The van der Waals surface area contributed by atoms with Gasteiger partial charge in [0.05, 0.1) is 18.6 Å². The molecule has 11 nitrogen and oxygen atoms in total. The molecule has 5 rings (SSSR count). The Morgan fingerprint density at radius 1 is 1.02 bits per heavy atom. The molecule has 1 fully saturated rings. The zero-order valence-electron chi connectivity index (χ0n) is 25.6. The van der Waals surface area contributed by atoms with Crippen LogP contribution in [0, 0.1) is 0 Å². The molecule has 0 bridgehead atoms. The maximum atomic E-state index is 14.1. The molecule has 4 amide bonds. The first-order valence-electron chi connectivity index (χ1n) is 14.9. The summed E-state index contributed by atoms with van der Waals surface area (Å²) in [7, 11) is 3.96. The fraction of sp³-hybridized carbons (Fsp3) is 0.364. The minimum atomic E-state index is -0.906. The average Bonchev–Trinajstić information content (AvgIpc) is 3.71. The van der Waals surface area contributed by atoms with Crippen molar-refractivity contribution in [2.75, 3.05) is 52.2 Å². The highest BCUT2D eigenvalue weighted by Crippen LogP contribution is 2.31. The van der Waals surface area contributed by atoms with Gasteiger partial charge in [-0.1, -0.05) is 31.2 Å². The van der Waals surface area contributed by atoms with Crippen molar-refractivity contribution in [2.24, 2.45) is 0 Å². The van der Waals surface area contributed by atoms with E-state index in [9.17, 15) is 14.4 Å². The van der Waals surface area contributed by atoms with Crippen LogP contribution in [-0.4, -0.2) is 90.5 Å². The number of para-hydroxylation sites is 1. The van der Waals surface area contributed by atoms with Gasteiger partial charge >= 0.3 is 6.03 Å². The number of amides is 4. The van der Waals surface area contributed by atoms with Crippen LogP contribution in [0.1, 0.15) is 41.4 Å². The molecular weight excluding hydrogens is 560 g/mol. The van der Waals surface area contributed by atoms with E-state index in [1.807, 2.05) is 81.5 Å². The molecule has 3 N–H and O–H groups in total. The Kier molecular flexibility index (Phi) is 9.54. The third-order valence-corrected chi connectivity index (χ3v) is 7.86. The lowest BCUT2D eigenvalue weighted by atomic mass is 9.92. The molecule has 11 heteroatoms. The van der Waals surface area contributed by atoms with Gasteiger partial charge in [0.25, 0.3) is 5.91 Å². The summed E-state index contributed by atoms with van der Waals surface area (Å²) in [6, 6.07) is 15.7. The van der Waals surface area contributed by atoms with Crippen LogP contribution < -0.4 is 15.4 Å². The quantitative estimate of drug-likeness (QED) is 0.246. The number of fused-ring (bicyclic) bond motifs is 1. The third-order valence-electron chi connectivity index (χ3n) is 7.86. The second-order valence-corrected chi connectivity index (χ2v) is 11.3. The second-order valence-electron chi connectivity index (χ2n) is 11.3. The van der Waals surface area contributed by atoms with Gasteiger partial charge in [0.15, 0.2) is 5.76 Å². The van der Waals surface area contributed by atoms with Crippen LogP contribution in [0.25, 0.3) is 10.9 Å². The van der Waals surface area contributed by atoms with E-state index in [-0.39, 0.29) is 29.5 Å². The predicted octanol–water partition coefficient (Wildman–Crippen LogP) is 4.50. The molecule has 3 heterocycles. The highest BCUT2D eigenvalue weighted by molar-refractivity contribution is 5.99. The lowest BCUT2D eigenvalue weighted by molar-refractivity contribution is -0.118. The Bertz CT molecular complexity index is 1590. The predicted molar refractivity (Wildman–Crippen MR) is 169 cm³/mol. The van der Waals surface area contributed by atoms with Crippen LogP contribution >= 0.6 is 0 Å². The Morgan fingerprint density at radius 3 is 2.48 bits per heavy atom. The number of anilines is 1. The van der Waals surface area contributed by atoms with Gasteiger partial charge in [0, 0.05) is 55.7 Å². The number of hydrogen-bond donors (Lipinski definition) is 3. The van der Waals surface area contributed by atoms with Gasteiger partial charge in [-0.2, -0.15) is 0 Å². The molecule has 0 saturated carbocycles. The maximum absolute atomic E-state index is 14.1. The SMILES string of the molecule is CCOc1ccc(CN(C)C)cc1NC(=O)[C@H](NC(=O)N1CCN(C(=O)c2ccco2)CC1)[C@H](C)c1c[nH]c2ccccc12. The largest absolute Gasteiger partial charge is 0.492 e. The fourth-order valence-corrected chi connectivity index (χ4v) is 5.59.